The van der Waals surface area contributed by atoms with E-state index in [-0.39, 0.29) is 12.3 Å². The predicted octanol–water partition coefficient (Wildman–Crippen LogP) is 2.98. The zero-order valence-electron chi connectivity index (χ0n) is 10.9. The third-order valence-corrected chi connectivity index (χ3v) is 3.72. The van der Waals surface area contributed by atoms with Crippen LogP contribution in [0.5, 0.6) is 0 Å². The highest BCUT2D eigenvalue weighted by molar-refractivity contribution is 5.63. The van der Waals surface area contributed by atoms with Crippen molar-refractivity contribution in [2.75, 3.05) is 11.9 Å². The number of nitrogens with zero attached hydrogens (tertiary/aromatic N) is 1. The zero-order valence-corrected chi connectivity index (χ0v) is 10.9. The molecule has 0 aliphatic heterocycles. The summed E-state index contributed by atoms with van der Waals surface area (Å²) in [6.07, 6.45) is 3.96. The summed E-state index contributed by atoms with van der Waals surface area (Å²) in [7, 11) is 0. The third kappa shape index (κ3) is 2.87. The van der Waals surface area contributed by atoms with Gasteiger partial charge in [0.2, 0.25) is 5.82 Å². The SMILES string of the molecule is O=[N+]([O-])c1c(F)cc(F)cc1NC1(CO)CCCCC1. The van der Waals surface area contributed by atoms with Gasteiger partial charge in [-0.05, 0) is 12.8 Å². The minimum absolute atomic E-state index is 0.219. The van der Waals surface area contributed by atoms with Gasteiger partial charge in [-0.25, -0.2) is 4.39 Å². The van der Waals surface area contributed by atoms with Crippen LogP contribution in [0.3, 0.4) is 0 Å². The summed E-state index contributed by atoms with van der Waals surface area (Å²) in [6.45, 7) is -0.234. The van der Waals surface area contributed by atoms with Gasteiger partial charge in [0, 0.05) is 12.1 Å². The molecule has 0 spiro atoms. The number of hydrogen-bond acceptors (Lipinski definition) is 4. The van der Waals surface area contributed by atoms with Crippen LogP contribution in [0.4, 0.5) is 20.2 Å². The first-order chi connectivity index (χ1) is 9.47. The summed E-state index contributed by atoms with van der Waals surface area (Å²) in [5, 5.41) is 23.3. The van der Waals surface area contributed by atoms with Crippen molar-refractivity contribution in [3.8, 4) is 0 Å². The van der Waals surface area contributed by atoms with Gasteiger partial charge in [0.1, 0.15) is 11.5 Å². The van der Waals surface area contributed by atoms with Gasteiger partial charge < -0.3 is 10.4 Å². The molecule has 0 amide bonds. The fourth-order valence-corrected chi connectivity index (χ4v) is 2.68. The standard InChI is InChI=1S/C13H16F2N2O3/c14-9-6-10(15)12(17(19)20)11(7-9)16-13(8-18)4-2-1-3-5-13/h6-7,16,18H,1-5,8H2. The highest BCUT2D eigenvalue weighted by Crippen LogP contribution is 2.36. The van der Waals surface area contributed by atoms with Crippen molar-refractivity contribution in [2.24, 2.45) is 0 Å². The average Bonchev–Trinajstić information content (AvgIpc) is 2.38. The van der Waals surface area contributed by atoms with Crippen molar-refractivity contribution in [3.05, 3.63) is 33.9 Å². The molecule has 110 valence electrons. The molecule has 1 aliphatic carbocycles. The topological polar surface area (TPSA) is 75.4 Å². The van der Waals surface area contributed by atoms with E-state index in [9.17, 15) is 24.0 Å². The lowest BCUT2D eigenvalue weighted by atomic mass is 9.82. The summed E-state index contributed by atoms with van der Waals surface area (Å²) in [4.78, 5) is 10.0. The van der Waals surface area contributed by atoms with E-state index in [1.54, 1.807) is 0 Å². The number of nitro benzene ring substituents is 1. The number of nitro groups is 1. The first-order valence-electron chi connectivity index (χ1n) is 6.50. The molecule has 0 unspecified atom stereocenters. The number of nitrogens with one attached hydrogen (secondary N) is 1. The van der Waals surface area contributed by atoms with E-state index in [4.69, 9.17) is 0 Å². The largest absolute Gasteiger partial charge is 0.394 e. The minimum atomic E-state index is -1.22. The van der Waals surface area contributed by atoms with Crippen molar-refractivity contribution in [1.82, 2.24) is 0 Å². The molecule has 5 nitrogen and oxygen atoms in total. The van der Waals surface area contributed by atoms with E-state index in [0.29, 0.717) is 18.9 Å². The Hall–Kier alpha value is -1.76. The fourth-order valence-electron chi connectivity index (χ4n) is 2.68. The molecule has 0 heterocycles. The van der Waals surface area contributed by atoms with Crippen LogP contribution in [0.15, 0.2) is 12.1 Å². The van der Waals surface area contributed by atoms with E-state index in [2.05, 4.69) is 5.32 Å². The monoisotopic (exact) mass is 286 g/mol. The molecular formula is C13H16F2N2O3. The van der Waals surface area contributed by atoms with Gasteiger partial charge in [-0.15, -0.1) is 0 Å². The Morgan fingerprint density at radius 2 is 1.95 bits per heavy atom. The molecule has 7 heteroatoms. The number of aliphatic hydroxyl groups is 1. The van der Waals surface area contributed by atoms with E-state index < -0.39 is 27.8 Å². The van der Waals surface area contributed by atoms with Crippen molar-refractivity contribution in [1.29, 1.82) is 0 Å². The second-order valence-corrected chi connectivity index (χ2v) is 5.16. The Morgan fingerprint density at radius 3 is 2.50 bits per heavy atom. The molecule has 1 aliphatic rings. The second-order valence-electron chi connectivity index (χ2n) is 5.16. The van der Waals surface area contributed by atoms with Crippen LogP contribution in [0.25, 0.3) is 0 Å². The maximum atomic E-state index is 13.6. The van der Waals surface area contributed by atoms with Gasteiger partial charge in [0.25, 0.3) is 0 Å². The Morgan fingerprint density at radius 1 is 1.30 bits per heavy atom. The Bertz CT molecular complexity index is 517. The summed E-state index contributed by atoms with van der Waals surface area (Å²) >= 11 is 0. The summed E-state index contributed by atoms with van der Waals surface area (Å²) < 4.78 is 26.8. The smallest absolute Gasteiger partial charge is 0.327 e. The summed E-state index contributed by atoms with van der Waals surface area (Å²) in [5.41, 5.74) is -1.75. The zero-order chi connectivity index (χ0) is 14.8. The number of anilines is 1. The molecular weight excluding hydrogens is 270 g/mol. The molecule has 2 N–H and O–H groups in total. The highest BCUT2D eigenvalue weighted by atomic mass is 19.1. The molecule has 1 saturated carbocycles. The van der Waals surface area contributed by atoms with Crippen LogP contribution < -0.4 is 5.32 Å². The fraction of sp³-hybridized carbons (Fsp3) is 0.538. The van der Waals surface area contributed by atoms with Gasteiger partial charge in [0.05, 0.1) is 17.1 Å². The lowest BCUT2D eigenvalue weighted by Gasteiger charge is -2.37. The minimum Gasteiger partial charge on any atom is -0.394 e. The molecule has 0 saturated heterocycles. The molecule has 1 aromatic rings. The van der Waals surface area contributed by atoms with Crippen LogP contribution in [0.1, 0.15) is 32.1 Å². The van der Waals surface area contributed by atoms with Crippen molar-refractivity contribution >= 4 is 11.4 Å². The molecule has 2 rings (SSSR count). The molecule has 1 fully saturated rings. The van der Waals surface area contributed by atoms with Gasteiger partial charge in [0.15, 0.2) is 0 Å². The van der Waals surface area contributed by atoms with Gasteiger partial charge in [-0.1, -0.05) is 19.3 Å². The van der Waals surface area contributed by atoms with Gasteiger partial charge in [-0.3, -0.25) is 10.1 Å². The predicted molar refractivity (Wildman–Crippen MR) is 69.5 cm³/mol. The summed E-state index contributed by atoms with van der Waals surface area (Å²) in [6, 6.07) is 1.38. The van der Waals surface area contributed by atoms with Crippen LogP contribution >= 0.6 is 0 Å². The van der Waals surface area contributed by atoms with E-state index in [1.807, 2.05) is 0 Å². The third-order valence-electron chi connectivity index (χ3n) is 3.72. The van der Waals surface area contributed by atoms with Crippen LogP contribution in [0, 0.1) is 21.7 Å². The molecule has 1 aromatic carbocycles. The lowest BCUT2D eigenvalue weighted by molar-refractivity contribution is -0.386. The van der Waals surface area contributed by atoms with Gasteiger partial charge in [-0.2, -0.15) is 4.39 Å². The van der Waals surface area contributed by atoms with Crippen molar-refractivity contribution in [2.45, 2.75) is 37.6 Å². The summed E-state index contributed by atoms with van der Waals surface area (Å²) in [5.74, 6) is -2.11. The maximum Gasteiger partial charge on any atom is 0.327 e. The molecule has 0 aromatic heterocycles. The Labute approximate surface area is 114 Å². The number of benzene rings is 1. The maximum absolute atomic E-state index is 13.6. The molecule has 20 heavy (non-hydrogen) atoms. The quantitative estimate of drug-likeness (QED) is 0.659. The number of halogens is 2. The normalized spacial score (nSPS) is 17.8. The molecule has 0 bridgehead atoms. The number of aliphatic hydroxyl groups excluding tert-OH is 1. The van der Waals surface area contributed by atoms with Crippen molar-refractivity contribution < 1.29 is 18.8 Å². The average molecular weight is 286 g/mol. The van der Waals surface area contributed by atoms with Crippen LogP contribution in [0.2, 0.25) is 0 Å². The first kappa shape index (κ1) is 14.6. The van der Waals surface area contributed by atoms with Gasteiger partial charge >= 0.3 is 5.69 Å². The highest BCUT2D eigenvalue weighted by Gasteiger charge is 2.34. The molecule has 0 radical (unpaired) electrons. The van der Waals surface area contributed by atoms with Crippen LogP contribution in [-0.2, 0) is 0 Å². The number of rotatable bonds is 4. The first-order valence-corrected chi connectivity index (χ1v) is 6.50. The van der Waals surface area contributed by atoms with E-state index >= 15 is 0 Å². The van der Waals surface area contributed by atoms with E-state index in [1.165, 1.54) is 0 Å². The van der Waals surface area contributed by atoms with Crippen molar-refractivity contribution in [3.63, 3.8) is 0 Å². The van der Waals surface area contributed by atoms with E-state index in [0.717, 1.165) is 25.3 Å². The lowest BCUT2D eigenvalue weighted by Crippen LogP contribution is -2.44. The second kappa shape index (κ2) is 5.70. The number of hydrogen-bond donors (Lipinski definition) is 2. The van der Waals surface area contributed by atoms with Crippen LogP contribution in [-0.4, -0.2) is 22.2 Å². The molecule has 0 atom stereocenters. The Kier molecular flexibility index (Phi) is 4.17. The Balaban J connectivity index is 2.38.